The lowest BCUT2D eigenvalue weighted by Gasteiger charge is -2.57. The Labute approximate surface area is 246 Å². The summed E-state index contributed by atoms with van der Waals surface area (Å²) in [5.41, 5.74) is 3.73. The van der Waals surface area contributed by atoms with Gasteiger partial charge < -0.3 is 25.1 Å². The number of nitrogens with zero attached hydrogens (tertiary/aromatic N) is 5. The number of rotatable bonds is 7. The van der Waals surface area contributed by atoms with Gasteiger partial charge in [0.1, 0.15) is 18.0 Å². The van der Waals surface area contributed by atoms with E-state index in [2.05, 4.69) is 5.32 Å². The van der Waals surface area contributed by atoms with E-state index in [4.69, 9.17) is 0 Å². The molecule has 2 aliphatic rings. The lowest BCUT2D eigenvalue weighted by molar-refractivity contribution is -0.196. The van der Waals surface area contributed by atoms with Crippen LogP contribution in [0.15, 0.2) is 78.9 Å². The van der Waals surface area contributed by atoms with Gasteiger partial charge in [-0.3, -0.25) is 9.59 Å². The number of phenols is 1. The Morgan fingerprint density at radius 2 is 1.64 bits per heavy atom. The number of benzene rings is 3. The maximum atomic E-state index is 14.2. The topological polar surface area (TPSA) is 99.7 Å². The van der Waals surface area contributed by atoms with Crippen molar-refractivity contribution in [3.8, 4) is 5.75 Å². The van der Waals surface area contributed by atoms with Gasteiger partial charge in [-0.05, 0) is 47.9 Å². The maximum Gasteiger partial charge on any atom is 0.334 e. The maximum absolute atomic E-state index is 14.2. The predicted octanol–water partition coefficient (Wildman–Crippen LogP) is 3.03. The number of amides is 4. The monoisotopic (exact) mass is 570 g/mol. The molecule has 2 fully saturated rings. The van der Waals surface area contributed by atoms with Crippen LogP contribution in [0, 0.1) is 0 Å². The fraction of sp³-hybridized carbons (Fsp3) is 0.344. The van der Waals surface area contributed by atoms with Crippen molar-refractivity contribution in [2.45, 2.75) is 44.7 Å². The Morgan fingerprint density at radius 1 is 0.952 bits per heavy atom. The number of likely N-dealkylation sites (N-methyl/N-ethyl adjacent to an activating group) is 1. The van der Waals surface area contributed by atoms with Crippen molar-refractivity contribution in [3.05, 3.63) is 95.6 Å². The average Bonchev–Trinajstić information content (AvgIpc) is 2.98. The summed E-state index contributed by atoms with van der Waals surface area (Å²) < 4.78 is 0. The summed E-state index contributed by atoms with van der Waals surface area (Å²) >= 11 is 0. The Hall–Kier alpha value is -4.57. The second kappa shape index (κ2) is 12.1. The normalized spacial score (nSPS) is 20.9. The van der Waals surface area contributed by atoms with Gasteiger partial charge in [0.15, 0.2) is 0 Å². The van der Waals surface area contributed by atoms with E-state index in [0.29, 0.717) is 13.1 Å². The fourth-order valence-corrected chi connectivity index (χ4v) is 5.81. The molecular formula is C32H38N6O4. The molecule has 0 bridgehead atoms. The van der Waals surface area contributed by atoms with Gasteiger partial charge in [0.05, 0.1) is 12.6 Å². The smallest absolute Gasteiger partial charge is 0.334 e. The number of phenolic OH excluding ortho intramolecular Hbond substituents is 1. The SMILES string of the molecule is C[C@H]1[C@H]2N(C(=O)CN(C)N2C(=O)NCc2ccccc2)[C@@H](Cc2ccc(O)cc2)C(=O)N1Cc1cccc(N(C)C)c1. The van der Waals surface area contributed by atoms with Gasteiger partial charge in [-0.15, -0.1) is 0 Å². The van der Waals surface area contributed by atoms with E-state index in [1.807, 2.05) is 80.5 Å². The Morgan fingerprint density at radius 3 is 2.33 bits per heavy atom. The van der Waals surface area contributed by atoms with Gasteiger partial charge in [-0.25, -0.2) is 14.8 Å². The molecular weight excluding hydrogens is 532 g/mol. The van der Waals surface area contributed by atoms with Gasteiger partial charge in [-0.1, -0.05) is 54.6 Å². The number of carbonyl (C=O) groups is 3. The van der Waals surface area contributed by atoms with Crippen LogP contribution in [0.3, 0.4) is 0 Å². The number of nitrogens with one attached hydrogen (secondary N) is 1. The Kier molecular flexibility index (Phi) is 8.35. The molecule has 0 aromatic heterocycles. The predicted molar refractivity (Wildman–Crippen MR) is 160 cm³/mol. The molecule has 220 valence electrons. The van der Waals surface area contributed by atoms with Crippen LogP contribution in [0.1, 0.15) is 23.6 Å². The molecule has 3 atom stereocenters. The van der Waals surface area contributed by atoms with Crippen molar-refractivity contribution in [1.29, 1.82) is 0 Å². The first-order valence-corrected chi connectivity index (χ1v) is 14.1. The number of hydrogen-bond acceptors (Lipinski definition) is 6. The van der Waals surface area contributed by atoms with Crippen molar-refractivity contribution in [2.75, 3.05) is 32.6 Å². The molecule has 0 aliphatic carbocycles. The second-order valence-electron chi connectivity index (χ2n) is 11.2. The van der Waals surface area contributed by atoms with E-state index >= 15 is 0 Å². The largest absolute Gasteiger partial charge is 0.508 e. The lowest BCUT2D eigenvalue weighted by atomic mass is 9.95. The van der Waals surface area contributed by atoms with Crippen LogP contribution < -0.4 is 10.2 Å². The molecule has 2 N–H and O–H groups in total. The first kappa shape index (κ1) is 28.9. The zero-order valence-corrected chi connectivity index (χ0v) is 24.5. The van der Waals surface area contributed by atoms with Crippen LogP contribution in [0.5, 0.6) is 5.75 Å². The van der Waals surface area contributed by atoms with Gasteiger partial charge in [0, 0.05) is 46.3 Å². The molecule has 0 spiro atoms. The van der Waals surface area contributed by atoms with Crippen LogP contribution in [-0.4, -0.2) is 88.7 Å². The van der Waals surface area contributed by atoms with Crippen molar-refractivity contribution < 1.29 is 19.5 Å². The van der Waals surface area contributed by atoms with E-state index in [0.717, 1.165) is 22.4 Å². The summed E-state index contributed by atoms with van der Waals surface area (Å²) in [5, 5.41) is 16.0. The lowest BCUT2D eigenvalue weighted by Crippen LogP contribution is -2.78. The van der Waals surface area contributed by atoms with Gasteiger partial charge >= 0.3 is 6.03 Å². The van der Waals surface area contributed by atoms with E-state index in [1.165, 1.54) is 0 Å². The first-order valence-electron chi connectivity index (χ1n) is 14.1. The molecule has 2 saturated heterocycles. The molecule has 3 aromatic carbocycles. The molecule has 0 saturated carbocycles. The third-order valence-corrected chi connectivity index (χ3v) is 8.02. The number of urea groups is 1. The standard InChI is InChI=1S/C32H38N6O4/c1-22-30-37(29(40)21-35(4)38(30)32(42)33-19-24-9-6-5-7-10-24)28(18-23-13-15-27(39)16-14-23)31(41)36(22)20-25-11-8-12-26(17-25)34(2)3/h5-17,22,28,30,39H,18-21H2,1-4H3,(H,33,42)/t22-,28-,30-/m0/s1. The number of carbonyl (C=O) groups excluding carboxylic acids is 3. The van der Waals surface area contributed by atoms with Crippen LogP contribution >= 0.6 is 0 Å². The fourth-order valence-electron chi connectivity index (χ4n) is 5.81. The van der Waals surface area contributed by atoms with Crippen molar-refractivity contribution in [1.82, 2.24) is 25.1 Å². The summed E-state index contributed by atoms with van der Waals surface area (Å²) in [6.07, 6.45) is -0.463. The van der Waals surface area contributed by atoms with Gasteiger partial charge in [0.25, 0.3) is 0 Å². The summed E-state index contributed by atoms with van der Waals surface area (Å²) in [7, 11) is 5.66. The van der Waals surface area contributed by atoms with E-state index in [1.54, 1.807) is 51.1 Å². The second-order valence-corrected chi connectivity index (χ2v) is 11.2. The van der Waals surface area contributed by atoms with E-state index < -0.39 is 18.2 Å². The minimum absolute atomic E-state index is 0.0355. The molecule has 5 rings (SSSR count). The highest BCUT2D eigenvalue weighted by Gasteiger charge is 2.54. The molecule has 0 radical (unpaired) electrons. The molecule has 10 nitrogen and oxygen atoms in total. The number of hydrazine groups is 1. The molecule has 10 heteroatoms. The van der Waals surface area contributed by atoms with Gasteiger partial charge in [-0.2, -0.15) is 0 Å². The van der Waals surface area contributed by atoms with Crippen molar-refractivity contribution >= 4 is 23.5 Å². The molecule has 4 amide bonds. The highest BCUT2D eigenvalue weighted by atomic mass is 16.3. The van der Waals surface area contributed by atoms with Crippen LogP contribution in [-0.2, 0) is 29.1 Å². The van der Waals surface area contributed by atoms with Crippen molar-refractivity contribution in [2.24, 2.45) is 0 Å². The van der Waals surface area contributed by atoms with Crippen LogP contribution in [0.25, 0.3) is 0 Å². The van der Waals surface area contributed by atoms with Crippen LogP contribution in [0.4, 0.5) is 10.5 Å². The Bertz CT molecular complexity index is 1430. The number of hydrogen-bond donors (Lipinski definition) is 2. The van der Waals surface area contributed by atoms with Crippen molar-refractivity contribution in [3.63, 3.8) is 0 Å². The summed E-state index contributed by atoms with van der Waals surface area (Å²) in [4.78, 5) is 47.0. The highest BCUT2D eigenvalue weighted by molar-refractivity contribution is 5.92. The average molecular weight is 571 g/mol. The van der Waals surface area contributed by atoms with E-state index in [9.17, 15) is 19.5 Å². The minimum Gasteiger partial charge on any atom is -0.508 e. The number of piperazine rings is 1. The minimum atomic E-state index is -0.821. The summed E-state index contributed by atoms with van der Waals surface area (Å²) in [6.45, 7) is 2.52. The molecule has 3 aromatic rings. The highest BCUT2D eigenvalue weighted by Crippen LogP contribution is 2.33. The zero-order valence-electron chi connectivity index (χ0n) is 24.5. The molecule has 2 aliphatic heterocycles. The zero-order chi connectivity index (χ0) is 30.0. The van der Waals surface area contributed by atoms with Crippen LogP contribution in [0.2, 0.25) is 0 Å². The number of aromatic hydroxyl groups is 1. The third-order valence-electron chi connectivity index (χ3n) is 8.02. The Balaban J connectivity index is 1.50. The summed E-state index contributed by atoms with van der Waals surface area (Å²) in [6, 6.07) is 22.6. The van der Waals surface area contributed by atoms with Gasteiger partial charge in [0.2, 0.25) is 11.8 Å². The number of fused-ring (bicyclic) bond motifs is 1. The molecule has 0 unspecified atom stereocenters. The van der Waals surface area contributed by atoms with E-state index in [-0.39, 0.29) is 36.6 Å². The third kappa shape index (κ3) is 5.89. The number of anilines is 1. The molecule has 2 heterocycles. The first-order chi connectivity index (χ1) is 20.1. The molecule has 42 heavy (non-hydrogen) atoms. The summed E-state index contributed by atoms with van der Waals surface area (Å²) in [5.74, 6) is -0.267. The quantitative estimate of drug-likeness (QED) is 0.453.